The zero-order chi connectivity index (χ0) is 15.8. The lowest BCUT2D eigenvalue weighted by atomic mass is 9.84. The fourth-order valence-corrected chi connectivity index (χ4v) is 2.29. The molecule has 0 radical (unpaired) electrons. The highest BCUT2D eigenvalue weighted by molar-refractivity contribution is 5.85. The number of amides is 1. The molecular weight excluding hydrogens is 266 g/mol. The summed E-state index contributed by atoms with van der Waals surface area (Å²) in [6, 6.07) is 9.84. The molecule has 0 saturated heterocycles. The number of oxime groups is 1. The van der Waals surface area contributed by atoms with Crippen LogP contribution in [0.3, 0.4) is 0 Å². The number of nitrogens with two attached hydrogens (primary N) is 1. The maximum absolute atomic E-state index is 12.7. The van der Waals surface area contributed by atoms with Gasteiger partial charge in [0.1, 0.15) is 5.84 Å². The second kappa shape index (κ2) is 8.29. The number of carbonyl (C=O) groups is 1. The van der Waals surface area contributed by atoms with Crippen LogP contribution in [0, 0.1) is 5.92 Å². The quantitative estimate of drug-likeness (QED) is 0.350. The summed E-state index contributed by atoms with van der Waals surface area (Å²) in [6.07, 6.45) is 1.29. The van der Waals surface area contributed by atoms with Gasteiger partial charge in [-0.3, -0.25) is 4.79 Å². The molecule has 0 saturated carbocycles. The first-order chi connectivity index (χ1) is 10.0. The molecule has 5 nitrogen and oxygen atoms in total. The second-order valence-electron chi connectivity index (χ2n) is 5.38. The van der Waals surface area contributed by atoms with E-state index in [1.54, 1.807) is 11.9 Å². The Morgan fingerprint density at radius 3 is 2.52 bits per heavy atom. The summed E-state index contributed by atoms with van der Waals surface area (Å²) < 4.78 is 0. The Morgan fingerprint density at radius 1 is 1.38 bits per heavy atom. The van der Waals surface area contributed by atoms with E-state index in [4.69, 9.17) is 10.9 Å². The lowest BCUT2D eigenvalue weighted by Gasteiger charge is -2.28. The molecule has 1 aromatic rings. The molecule has 116 valence electrons. The van der Waals surface area contributed by atoms with Gasteiger partial charge in [-0.2, -0.15) is 0 Å². The number of likely N-dealkylation sites (N-methyl/N-ethyl adjacent to an activating group) is 1. The van der Waals surface area contributed by atoms with Gasteiger partial charge in [-0.25, -0.2) is 0 Å². The molecule has 21 heavy (non-hydrogen) atoms. The molecule has 2 atom stereocenters. The average molecular weight is 291 g/mol. The van der Waals surface area contributed by atoms with E-state index in [2.05, 4.69) is 19.0 Å². The minimum Gasteiger partial charge on any atom is -0.409 e. The van der Waals surface area contributed by atoms with E-state index in [0.717, 1.165) is 12.0 Å². The summed E-state index contributed by atoms with van der Waals surface area (Å²) in [5, 5.41) is 11.5. The molecule has 2 unspecified atom stereocenters. The minimum absolute atomic E-state index is 0.0706. The van der Waals surface area contributed by atoms with Gasteiger partial charge in [0.2, 0.25) is 5.91 Å². The maximum Gasteiger partial charge on any atom is 0.230 e. The van der Waals surface area contributed by atoms with Gasteiger partial charge in [0.15, 0.2) is 0 Å². The van der Waals surface area contributed by atoms with Crippen LogP contribution in [-0.4, -0.2) is 35.4 Å². The maximum atomic E-state index is 12.7. The predicted octanol–water partition coefficient (Wildman–Crippen LogP) is 2.41. The summed E-state index contributed by atoms with van der Waals surface area (Å²) >= 11 is 0. The van der Waals surface area contributed by atoms with Gasteiger partial charge in [-0.05, 0) is 11.5 Å². The van der Waals surface area contributed by atoms with Crippen LogP contribution in [0.1, 0.15) is 38.2 Å². The SMILES string of the molecule is CCC(C)C(C(=O)N(C)CC/C(N)=N/O)c1ccccc1. The topological polar surface area (TPSA) is 78.9 Å². The van der Waals surface area contributed by atoms with Crippen LogP contribution in [0.15, 0.2) is 35.5 Å². The van der Waals surface area contributed by atoms with Gasteiger partial charge in [-0.1, -0.05) is 55.8 Å². The zero-order valence-corrected chi connectivity index (χ0v) is 13.0. The van der Waals surface area contributed by atoms with Crippen molar-refractivity contribution in [1.29, 1.82) is 0 Å². The molecule has 0 bridgehead atoms. The van der Waals surface area contributed by atoms with E-state index in [0.29, 0.717) is 13.0 Å². The van der Waals surface area contributed by atoms with E-state index < -0.39 is 0 Å². The number of benzene rings is 1. The molecule has 0 heterocycles. The zero-order valence-electron chi connectivity index (χ0n) is 13.0. The fourth-order valence-electron chi connectivity index (χ4n) is 2.29. The molecule has 0 spiro atoms. The van der Waals surface area contributed by atoms with Crippen LogP contribution >= 0.6 is 0 Å². The van der Waals surface area contributed by atoms with E-state index in [1.807, 2.05) is 30.3 Å². The molecule has 1 aromatic carbocycles. The minimum atomic E-state index is -0.159. The molecular formula is C16H25N3O2. The monoisotopic (exact) mass is 291 g/mol. The van der Waals surface area contributed by atoms with Crippen molar-refractivity contribution in [3.63, 3.8) is 0 Å². The summed E-state index contributed by atoms with van der Waals surface area (Å²) in [7, 11) is 1.76. The molecule has 0 aliphatic rings. The van der Waals surface area contributed by atoms with Crippen LogP contribution < -0.4 is 5.73 Å². The van der Waals surface area contributed by atoms with Crippen molar-refractivity contribution in [1.82, 2.24) is 4.90 Å². The van der Waals surface area contributed by atoms with E-state index in [-0.39, 0.29) is 23.6 Å². The van der Waals surface area contributed by atoms with Crippen molar-refractivity contribution in [2.24, 2.45) is 16.8 Å². The third kappa shape index (κ3) is 4.77. The highest BCUT2D eigenvalue weighted by atomic mass is 16.4. The summed E-state index contributed by atoms with van der Waals surface area (Å²) in [5.74, 6) is 0.301. The van der Waals surface area contributed by atoms with Gasteiger partial charge in [0.05, 0.1) is 5.92 Å². The number of hydrogen-bond acceptors (Lipinski definition) is 3. The number of carbonyl (C=O) groups excluding carboxylic acids is 1. The van der Waals surface area contributed by atoms with Crippen molar-refractivity contribution in [3.05, 3.63) is 35.9 Å². The highest BCUT2D eigenvalue weighted by Crippen LogP contribution is 2.28. The number of nitrogens with zero attached hydrogens (tertiary/aromatic N) is 2. The Morgan fingerprint density at radius 2 is 2.00 bits per heavy atom. The van der Waals surface area contributed by atoms with Crippen molar-refractivity contribution in [2.45, 2.75) is 32.6 Å². The summed E-state index contributed by atoms with van der Waals surface area (Å²) in [4.78, 5) is 14.4. The van der Waals surface area contributed by atoms with Gasteiger partial charge in [0.25, 0.3) is 0 Å². The fraction of sp³-hybridized carbons (Fsp3) is 0.500. The smallest absolute Gasteiger partial charge is 0.230 e. The second-order valence-corrected chi connectivity index (χ2v) is 5.38. The van der Waals surface area contributed by atoms with Crippen molar-refractivity contribution in [2.75, 3.05) is 13.6 Å². The summed E-state index contributed by atoms with van der Waals surface area (Å²) in [6.45, 7) is 4.62. The number of rotatable bonds is 7. The molecule has 0 aliphatic heterocycles. The average Bonchev–Trinajstić information content (AvgIpc) is 2.52. The van der Waals surface area contributed by atoms with E-state index in [1.165, 1.54) is 0 Å². The van der Waals surface area contributed by atoms with Crippen molar-refractivity contribution < 1.29 is 10.0 Å². The largest absolute Gasteiger partial charge is 0.409 e. The first-order valence-corrected chi connectivity index (χ1v) is 7.27. The van der Waals surface area contributed by atoms with Gasteiger partial charge >= 0.3 is 0 Å². The lowest BCUT2D eigenvalue weighted by Crippen LogP contribution is -2.36. The predicted molar refractivity (Wildman–Crippen MR) is 84.3 cm³/mol. The Kier molecular flexibility index (Phi) is 6.72. The number of hydrogen-bond donors (Lipinski definition) is 2. The van der Waals surface area contributed by atoms with E-state index in [9.17, 15) is 4.79 Å². The summed E-state index contributed by atoms with van der Waals surface area (Å²) in [5.41, 5.74) is 6.49. The Hall–Kier alpha value is -2.04. The van der Waals surface area contributed by atoms with Crippen molar-refractivity contribution >= 4 is 11.7 Å². The van der Waals surface area contributed by atoms with Crippen LogP contribution in [0.2, 0.25) is 0 Å². The lowest BCUT2D eigenvalue weighted by molar-refractivity contribution is -0.132. The highest BCUT2D eigenvalue weighted by Gasteiger charge is 2.28. The molecule has 0 fully saturated rings. The molecule has 3 N–H and O–H groups in total. The van der Waals surface area contributed by atoms with Crippen LogP contribution in [0.25, 0.3) is 0 Å². The molecule has 5 heteroatoms. The Balaban J connectivity index is 2.86. The number of amidine groups is 1. The molecule has 0 aromatic heterocycles. The van der Waals surface area contributed by atoms with Gasteiger partial charge in [0, 0.05) is 20.0 Å². The molecule has 1 rings (SSSR count). The van der Waals surface area contributed by atoms with Gasteiger partial charge < -0.3 is 15.8 Å². The third-order valence-electron chi connectivity index (χ3n) is 3.85. The van der Waals surface area contributed by atoms with E-state index >= 15 is 0 Å². The first kappa shape index (κ1) is 17.0. The molecule has 0 aliphatic carbocycles. The third-order valence-corrected chi connectivity index (χ3v) is 3.85. The van der Waals surface area contributed by atoms with Crippen molar-refractivity contribution in [3.8, 4) is 0 Å². The standard InChI is InChI=1S/C16H25N3O2/c1-4-12(2)15(13-8-6-5-7-9-13)16(20)19(3)11-10-14(17)18-21/h5-9,12,15,21H,4,10-11H2,1-3H3,(H2,17,18). The van der Waals surface area contributed by atoms with Gasteiger partial charge in [-0.15, -0.1) is 0 Å². The van der Waals surface area contributed by atoms with Crippen LogP contribution in [0.5, 0.6) is 0 Å². The van der Waals surface area contributed by atoms with Crippen LogP contribution in [-0.2, 0) is 4.79 Å². The van der Waals surface area contributed by atoms with Crippen LogP contribution in [0.4, 0.5) is 0 Å². The molecule has 1 amide bonds. The first-order valence-electron chi connectivity index (χ1n) is 7.27. The Bertz CT molecular complexity index is 474. The normalized spacial score (nSPS) is 14.5. The Labute approximate surface area is 126 Å².